The number of aromatic nitrogens is 3. The van der Waals surface area contributed by atoms with Gasteiger partial charge >= 0.3 is 0 Å². The Hall–Kier alpha value is -0.900. The van der Waals surface area contributed by atoms with Crippen LogP contribution >= 0.6 is 0 Å². The summed E-state index contributed by atoms with van der Waals surface area (Å²) >= 11 is 0. The van der Waals surface area contributed by atoms with Crippen LogP contribution in [0.15, 0.2) is 6.20 Å². The number of nitrogens with one attached hydrogen (secondary N) is 1. The summed E-state index contributed by atoms with van der Waals surface area (Å²) in [5.74, 6) is 0.831. The maximum absolute atomic E-state index is 4.15. The predicted octanol–water partition coefficient (Wildman–Crippen LogP) is 1.14. The Labute approximate surface area is 91.1 Å². The Balaban J connectivity index is 1.95. The number of hydrogen-bond acceptors (Lipinski definition) is 3. The van der Waals surface area contributed by atoms with Gasteiger partial charge in [0, 0.05) is 25.7 Å². The van der Waals surface area contributed by atoms with Crippen LogP contribution in [0.25, 0.3) is 0 Å². The summed E-state index contributed by atoms with van der Waals surface area (Å²) in [5.41, 5.74) is 1.10. The Kier molecular flexibility index (Phi) is 3.36. The summed E-state index contributed by atoms with van der Waals surface area (Å²) in [5, 5.41) is 11.5. The van der Waals surface area contributed by atoms with Crippen LogP contribution in [0.1, 0.15) is 31.4 Å². The first kappa shape index (κ1) is 10.6. The lowest BCUT2D eigenvalue weighted by atomic mass is 9.94. The van der Waals surface area contributed by atoms with Crippen molar-refractivity contribution in [2.24, 2.45) is 13.0 Å². The summed E-state index contributed by atoms with van der Waals surface area (Å²) < 4.78 is 1.77. The third-order valence-electron chi connectivity index (χ3n) is 3.42. The minimum absolute atomic E-state index is 0.573. The zero-order valence-electron chi connectivity index (χ0n) is 9.61. The number of nitrogens with zero attached hydrogens (tertiary/aromatic N) is 3. The summed E-state index contributed by atoms with van der Waals surface area (Å²) in [6, 6.07) is 0.573. The van der Waals surface area contributed by atoms with Gasteiger partial charge in [-0.1, -0.05) is 18.1 Å². The van der Waals surface area contributed by atoms with E-state index >= 15 is 0 Å². The lowest BCUT2D eigenvalue weighted by molar-refractivity contribution is 0.374. The molecule has 2 rings (SSSR count). The first-order valence-corrected chi connectivity index (χ1v) is 5.82. The molecule has 1 atom stereocenters. The van der Waals surface area contributed by atoms with E-state index in [1.165, 1.54) is 25.7 Å². The fraction of sp³-hybridized carbons (Fsp3) is 0.818. The second-order valence-corrected chi connectivity index (χ2v) is 4.53. The second kappa shape index (κ2) is 4.75. The van der Waals surface area contributed by atoms with Gasteiger partial charge in [-0.05, 0) is 25.8 Å². The van der Waals surface area contributed by atoms with Gasteiger partial charge in [0.1, 0.15) is 0 Å². The van der Waals surface area contributed by atoms with Gasteiger partial charge in [0.05, 0.1) is 5.69 Å². The van der Waals surface area contributed by atoms with Gasteiger partial charge in [0.15, 0.2) is 0 Å². The van der Waals surface area contributed by atoms with Crippen LogP contribution < -0.4 is 5.32 Å². The molecule has 4 heteroatoms. The molecule has 0 spiro atoms. The van der Waals surface area contributed by atoms with Crippen LogP contribution in [0.3, 0.4) is 0 Å². The van der Waals surface area contributed by atoms with Gasteiger partial charge in [-0.25, -0.2) is 0 Å². The van der Waals surface area contributed by atoms with Crippen molar-refractivity contribution in [1.82, 2.24) is 20.3 Å². The van der Waals surface area contributed by atoms with Crippen LogP contribution in [0.2, 0.25) is 0 Å². The lowest BCUT2D eigenvalue weighted by Gasteiger charge is -2.21. The second-order valence-electron chi connectivity index (χ2n) is 4.53. The topological polar surface area (TPSA) is 42.7 Å². The number of hydrogen-bond donors (Lipinski definition) is 1. The Bertz CT molecular complexity index is 301. The molecule has 1 aromatic heterocycles. The van der Waals surface area contributed by atoms with Gasteiger partial charge in [-0.2, -0.15) is 0 Å². The van der Waals surface area contributed by atoms with E-state index in [0.29, 0.717) is 6.04 Å². The maximum Gasteiger partial charge on any atom is 0.0842 e. The van der Waals surface area contributed by atoms with E-state index in [2.05, 4.69) is 22.7 Å². The van der Waals surface area contributed by atoms with Crippen molar-refractivity contribution in [3.05, 3.63) is 11.9 Å². The van der Waals surface area contributed by atoms with Crippen molar-refractivity contribution < 1.29 is 0 Å². The molecule has 15 heavy (non-hydrogen) atoms. The third-order valence-corrected chi connectivity index (χ3v) is 3.42. The van der Waals surface area contributed by atoms with Gasteiger partial charge < -0.3 is 5.32 Å². The fourth-order valence-electron chi connectivity index (χ4n) is 2.58. The van der Waals surface area contributed by atoms with E-state index in [0.717, 1.165) is 18.0 Å². The SMILES string of the molecule is CNC(Cc1cn(C)nn1)C1CCCC1. The van der Waals surface area contributed by atoms with Crippen LogP contribution in [-0.4, -0.2) is 28.1 Å². The molecular formula is C11H20N4. The van der Waals surface area contributed by atoms with E-state index in [1.807, 2.05) is 13.2 Å². The van der Waals surface area contributed by atoms with Crippen LogP contribution in [0, 0.1) is 5.92 Å². The Morgan fingerprint density at radius 1 is 1.53 bits per heavy atom. The van der Waals surface area contributed by atoms with E-state index in [-0.39, 0.29) is 0 Å². The maximum atomic E-state index is 4.15. The summed E-state index contributed by atoms with van der Waals surface area (Å²) in [6.07, 6.45) is 8.54. The van der Waals surface area contributed by atoms with Crippen LogP contribution in [-0.2, 0) is 13.5 Å². The normalized spacial score (nSPS) is 19.6. The van der Waals surface area contributed by atoms with Gasteiger partial charge in [0.2, 0.25) is 0 Å². The van der Waals surface area contributed by atoms with Gasteiger partial charge in [0.25, 0.3) is 0 Å². The molecular weight excluding hydrogens is 188 g/mol. The highest BCUT2D eigenvalue weighted by Crippen LogP contribution is 2.28. The minimum atomic E-state index is 0.573. The zero-order chi connectivity index (χ0) is 10.7. The third kappa shape index (κ3) is 2.56. The van der Waals surface area contributed by atoms with Gasteiger partial charge in [-0.3, -0.25) is 4.68 Å². The molecule has 1 aliphatic carbocycles. The highest BCUT2D eigenvalue weighted by Gasteiger charge is 2.24. The lowest BCUT2D eigenvalue weighted by Crippen LogP contribution is -2.34. The predicted molar refractivity (Wildman–Crippen MR) is 59.5 cm³/mol. The van der Waals surface area contributed by atoms with Crippen molar-refractivity contribution in [3.63, 3.8) is 0 Å². The number of likely N-dealkylation sites (N-methyl/N-ethyl adjacent to an activating group) is 1. The van der Waals surface area contributed by atoms with E-state index in [1.54, 1.807) is 4.68 Å². The quantitative estimate of drug-likeness (QED) is 0.806. The van der Waals surface area contributed by atoms with Crippen LogP contribution in [0.5, 0.6) is 0 Å². The molecule has 0 aliphatic heterocycles. The molecule has 4 nitrogen and oxygen atoms in total. The molecule has 1 N–H and O–H groups in total. The molecule has 1 aliphatic rings. The van der Waals surface area contributed by atoms with E-state index in [4.69, 9.17) is 0 Å². The van der Waals surface area contributed by atoms with Crippen molar-refractivity contribution in [2.75, 3.05) is 7.05 Å². The molecule has 0 bridgehead atoms. The summed E-state index contributed by atoms with van der Waals surface area (Å²) in [6.45, 7) is 0. The highest BCUT2D eigenvalue weighted by molar-refractivity contribution is 4.97. The molecule has 0 saturated heterocycles. The van der Waals surface area contributed by atoms with Crippen molar-refractivity contribution in [1.29, 1.82) is 0 Å². The molecule has 0 aromatic carbocycles. The zero-order valence-corrected chi connectivity index (χ0v) is 9.61. The Morgan fingerprint density at radius 3 is 2.80 bits per heavy atom. The monoisotopic (exact) mass is 208 g/mol. The van der Waals surface area contributed by atoms with Crippen molar-refractivity contribution in [3.8, 4) is 0 Å². The summed E-state index contributed by atoms with van der Waals surface area (Å²) in [7, 11) is 3.97. The molecule has 1 heterocycles. The smallest absolute Gasteiger partial charge is 0.0842 e. The van der Waals surface area contributed by atoms with Crippen LogP contribution in [0.4, 0.5) is 0 Å². The number of aryl methyl sites for hydroxylation is 1. The average Bonchev–Trinajstić information content (AvgIpc) is 2.85. The molecule has 0 radical (unpaired) electrons. The van der Waals surface area contributed by atoms with Gasteiger partial charge in [-0.15, -0.1) is 5.10 Å². The Morgan fingerprint density at radius 2 is 2.27 bits per heavy atom. The highest BCUT2D eigenvalue weighted by atomic mass is 15.4. The first-order chi connectivity index (χ1) is 7.29. The van der Waals surface area contributed by atoms with E-state index in [9.17, 15) is 0 Å². The largest absolute Gasteiger partial charge is 0.316 e. The summed E-state index contributed by atoms with van der Waals surface area (Å²) in [4.78, 5) is 0. The van der Waals surface area contributed by atoms with Crippen molar-refractivity contribution in [2.45, 2.75) is 38.1 Å². The van der Waals surface area contributed by atoms with E-state index < -0.39 is 0 Å². The molecule has 0 amide bonds. The molecule has 1 aromatic rings. The molecule has 1 unspecified atom stereocenters. The molecule has 1 fully saturated rings. The minimum Gasteiger partial charge on any atom is -0.316 e. The van der Waals surface area contributed by atoms with Crippen molar-refractivity contribution >= 4 is 0 Å². The average molecular weight is 208 g/mol. The molecule has 84 valence electrons. The standard InChI is InChI=1S/C11H20N4/c1-12-11(9-5-3-4-6-9)7-10-8-15(2)14-13-10/h8-9,11-12H,3-7H2,1-2H3. The fourth-order valence-corrected chi connectivity index (χ4v) is 2.58. The number of rotatable bonds is 4. The molecule has 1 saturated carbocycles. The first-order valence-electron chi connectivity index (χ1n) is 5.82.